The summed E-state index contributed by atoms with van der Waals surface area (Å²) < 4.78 is 39.6. The molecule has 12 heteroatoms. The SMILES string of the molecule is CC/C=C\C/C=C\C/C=C\C/C=C\CCCCCCC(=O)OC(CO)COP(=O)(O)OCC(COC(=O)CCCCCCCCC/C=C\C/C=C\CCCCC)OC(=O)CCCCCC/C=C\C/C=C\C/C=C\C/C=C\CC. The molecule has 0 aliphatic carbocycles. The summed E-state index contributed by atoms with van der Waals surface area (Å²) in [7, 11) is -4.78. The fourth-order valence-corrected chi connectivity index (χ4v) is 8.56. The molecule has 0 saturated heterocycles. The second-order valence-corrected chi connectivity index (χ2v) is 21.2. The van der Waals surface area contributed by atoms with E-state index in [0.717, 1.165) is 141 Å². The summed E-state index contributed by atoms with van der Waals surface area (Å²) >= 11 is 0. The van der Waals surface area contributed by atoms with Crippen LogP contribution < -0.4 is 0 Å². The number of hydrogen-bond acceptors (Lipinski definition) is 10. The zero-order valence-corrected chi connectivity index (χ0v) is 50.0. The highest BCUT2D eigenvalue weighted by atomic mass is 31.2. The third kappa shape index (κ3) is 56.6. The van der Waals surface area contributed by atoms with Gasteiger partial charge in [-0.05, 0) is 128 Å². The van der Waals surface area contributed by atoms with Crippen molar-refractivity contribution in [3.63, 3.8) is 0 Å². The highest BCUT2D eigenvalue weighted by molar-refractivity contribution is 7.47. The molecule has 0 aliphatic heterocycles. The first-order valence-corrected chi connectivity index (χ1v) is 31.9. The smallest absolute Gasteiger partial charge is 0.462 e. The van der Waals surface area contributed by atoms with Crippen molar-refractivity contribution in [2.24, 2.45) is 0 Å². The molecule has 78 heavy (non-hydrogen) atoms. The van der Waals surface area contributed by atoms with E-state index in [-0.39, 0.29) is 25.9 Å². The van der Waals surface area contributed by atoms with Gasteiger partial charge in [0, 0.05) is 19.3 Å². The number of phosphoric acid groups is 1. The summed E-state index contributed by atoms with van der Waals surface area (Å²) in [6.45, 7) is 4.33. The number of rotatable bonds is 55. The predicted octanol–water partition coefficient (Wildman–Crippen LogP) is 18.4. The molecule has 0 radical (unpaired) electrons. The number of aliphatic hydroxyl groups excluding tert-OH is 1. The quantitative estimate of drug-likeness (QED) is 0.0197. The van der Waals surface area contributed by atoms with Crippen molar-refractivity contribution < 1.29 is 52.2 Å². The third-order valence-electron chi connectivity index (χ3n) is 12.3. The highest BCUT2D eigenvalue weighted by Crippen LogP contribution is 2.43. The van der Waals surface area contributed by atoms with Gasteiger partial charge in [0.1, 0.15) is 12.7 Å². The van der Waals surface area contributed by atoms with Crippen molar-refractivity contribution in [2.45, 2.75) is 251 Å². The number of esters is 3. The summed E-state index contributed by atoms with van der Waals surface area (Å²) in [5, 5.41) is 9.84. The molecule has 3 atom stereocenters. The first-order valence-electron chi connectivity index (χ1n) is 30.4. The van der Waals surface area contributed by atoms with E-state index >= 15 is 0 Å². The average Bonchev–Trinajstić information content (AvgIpc) is 3.43. The molecule has 2 N–H and O–H groups in total. The van der Waals surface area contributed by atoms with Crippen LogP contribution in [0.1, 0.15) is 239 Å². The normalized spacial score (nSPS) is 14.2. The number of ether oxygens (including phenoxy) is 3. The van der Waals surface area contributed by atoms with Gasteiger partial charge < -0.3 is 24.2 Å². The monoisotopic (exact) mass is 1110 g/mol. The van der Waals surface area contributed by atoms with Crippen LogP contribution >= 0.6 is 7.82 Å². The molecular formula is C66H109O11P. The van der Waals surface area contributed by atoms with Gasteiger partial charge in [-0.3, -0.25) is 23.4 Å². The van der Waals surface area contributed by atoms with Crippen LogP contribution in [0.3, 0.4) is 0 Å². The standard InChI is InChI=1S/C66H109O11P/c1-4-7-10-13-16-19-22-25-28-31-34-37-40-43-46-49-52-55-64(68)73-59-63(77-66(70)57-54-51-48-45-42-39-36-33-30-27-24-21-18-15-12-9-6-3)61-75-78(71,72)74-60-62(58-67)76-65(69)56-53-50-47-44-41-38-35-32-29-26-23-20-17-14-11-8-5-2/h8-9,11-12,16-21,25-30,35-36,38-39,62-63,67H,4-7,10,13-15,22-24,31-34,37,40-61H2,1-3H3,(H,71,72)/b11-8-,12-9-,19-16-,20-17-,21-18-,28-25-,29-26-,30-27-,38-35-,39-36-. The van der Waals surface area contributed by atoms with E-state index in [4.69, 9.17) is 23.3 Å². The molecule has 0 rings (SSSR count). The van der Waals surface area contributed by atoms with Crippen molar-refractivity contribution >= 4 is 25.7 Å². The van der Waals surface area contributed by atoms with E-state index < -0.39 is 57.8 Å². The van der Waals surface area contributed by atoms with Crippen LogP contribution in [0.2, 0.25) is 0 Å². The Morgan fingerprint density at radius 1 is 0.372 bits per heavy atom. The molecule has 0 aromatic carbocycles. The average molecular weight is 1110 g/mol. The molecule has 0 bridgehead atoms. The van der Waals surface area contributed by atoms with Crippen molar-refractivity contribution in [2.75, 3.05) is 26.4 Å². The molecule has 11 nitrogen and oxygen atoms in total. The van der Waals surface area contributed by atoms with E-state index in [2.05, 4.69) is 142 Å². The maximum Gasteiger partial charge on any atom is 0.472 e. The maximum atomic E-state index is 12.9. The van der Waals surface area contributed by atoms with E-state index in [1.807, 2.05) is 0 Å². The minimum Gasteiger partial charge on any atom is -0.462 e. The van der Waals surface area contributed by atoms with Crippen LogP contribution in [0.25, 0.3) is 0 Å². The van der Waals surface area contributed by atoms with Gasteiger partial charge in [-0.2, -0.15) is 0 Å². The predicted molar refractivity (Wildman–Crippen MR) is 325 cm³/mol. The molecule has 0 amide bonds. The lowest BCUT2D eigenvalue weighted by molar-refractivity contribution is -0.161. The van der Waals surface area contributed by atoms with Crippen LogP contribution in [-0.4, -0.2) is 66.5 Å². The van der Waals surface area contributed by atoms with Gasteiger partial charge in [0.2, 0.25) is 0 Å². The molecule has 0 spiro atoms. The lowest BCUT2D eigenvalue weighted by atomic mass is 10.1. The fourth-order valence-electron chi connectivity index (χ4n) is 7.78. The maximum absolute atomic E-state index is 12.9. The van der Waals surface area contributed by atoms with Crippen LogP contribution in [0.4, 0.5) is 0 Å². The van der Waals surface area contributed by atoms with Crippen molar-refractivity contribution in [3.05, 3.63) is 122 Å². The van der Waals surface area contributed by atoms with E-state index in [9.17, 15) is 28.9 Å². The summed E-state index contributed by atoms with van der Waals surface area (Å²) in [4.78, 5) is 48.7. The van der Waals surface area contributed by atoms with Crippen LogP contribution in [0, 0.1) is 0 Å². The third-order valence-corrected chi connectivity index (χ3v) is 13.3. The Labute approximate surface area is 475 Å². The number of allylic oxidation sites excluding steroid dienone is 20. The molecule has 0 fully saturated rings. The van der Waals surface area contributed by atoms with Crippen molar-refractivity contribution in [1.29, 1.82) is 0 Å². The summed E-state index contributed by atoms with van der Waals surface area (Å²) in [5.41, 5.74) is 0. The Morgan fingerprint density at radius 3 is 1.03 bits per heavy atom. The van der Waals surface area contributed by atoms with Gasteiger partial charge >= 0.3 is 25.7 Å². The highest BCUT2D eigenvalue weighted by Gasteiger charge is 2.28. The second-order valence-electron chi connectivity index (χ2n) is 19.7. The number of unbranched alkanes of at least 4 members (excludes halogenated alkanes) is 18. The lowest BCUT2D eigenvalue weighted by Crippen LogP contribution is -2.30. The van der Waals surface area contributed by atoms with Gasteiger partial charge in [0.15, 0.2) is 6.10 Å². The zero-order chi connectivity index (χ0) is 56.9. The number of carbonyl (C=O) groups excluding carboxylic acids is 3. The Bertz CT molecular complexity index is 1770. The molecule has 0 aromatic heterocycles. The minimum atomic E-state index is -4.78. The van der Waals surface area contributed by atoms with Gasteiger partial charge in [-0.1, -0.05) is 213 Å². The molecule has 3 unspecified atom stereocenters. The number of aliphatic hydroxyl groups is 1. The first-order chi connectivity index (χ1) is 38.2. The van der Waals surface area contributed by atoms with E-state index in [0.29, 0.717) is 19.3 Å². The van der Waals surface area contributed by atoms with Crippen molar-refractivity contribution in [1.82, 2.24) is 0 Å². The number of phosphoric ester groups is 1. The Morgan fingerprint density at radius 2 is 0.667 bits per heavy atom. The van der Waals surface area contributed by atoms with Gasteiger partial charge in [0.05, 0.1) is 19.8 Å². The minimum absolute atomic E-state index is 0.130. The topological polar surface area (TPSA) is 155 Å². The van der Waals surface area contributed by atoms with Gasteiger partial charge in [-0.15, -0.1) is 0 Å². The van der Waals surface area contributed by atoms with E-state index in [1.165, 1.54) is 38.5 Å². The first kappa shape index (κ1) is 73.9. The second kappa shape index (κ2) is 59.0. The number of carbonyl (C=O) groups is 3. The van der Waals surface area contributed by atoms with Crippen LogP contribution in [-0.2, 0) is 42.2 Å². The van der Waals surface area contributed by atoms with Gasteiger partial charge in [0.25, 0.3) is 0 Å². The molecule has 0 aliphatic rings. The van der Waals surface area contributed by atoms with Crippen molar-refractivity contribution in [3.8, 4) is 0 Å². The summed E-state index contributed by atoms with van der Waals surface area (Å²) in [6.07, 6.45) is 72.9. The Balaban J connectivity index is 4.80. The lowest BCUT2D eigenvalue weighted by Gasteiger charge is -2.21. The number of hydrogen-bond donors (Lipinski definition) is 2. The molecular weight excluding hydrogens is 1000 g/mol. The molecule has 0 heterocycles. The molecule has 444 valence electrons. The zero-order valence-electron chi connectivity index (χ0n) is 49.1. The Hall–Kier alpha value is -4.12. The Kier molecular flexibility index (Phi) is 55.9. The van der Waals surface area contributed by atoms with Gasteiger partial charge in [-0.25, -0.2) is 4.57 Å². The summed E-state index contributed by atoms with van der Waals surface area (Å²) in [5.74, 6) is -1.53. The molecule has 0 saturated carbocycles. The molecule has 0 aromatic rings. The van der Waals surface area contributed by atoms with E-state index in [1.54, 1.807) is 0 Å². The van der Waals surface area contributed by atoms with Crippen LogP contribution in [0.5, 0.6) is 0 Å². The summed E-state index contributed by atoms with van der Waals surface area (Å²) in [6, 6.07) is 0. The van der Waals surface area contributed by atoms with Crippen LogP contribution in [0.15, 0.2) is 122 Å². The largest absolute Gasteiger partial charge is 0.472 e. The fraction of sp³-hybridized carbons (Fsp3) is 0.652.